The first-order valence-electron chi connectivity index (χ1n) is 6.35. The van der Waals surface area contributed by atoms with E-state index in [1.807, 2.05) is 24.3 Å². The Balaban J connectivity index is 1.91. The molecule has 106 valence electrons. The SMILES string of the molecule is CNC(=O)c1ccc(NCc2ccc(CSC)o2)cc1. The summed E-state index contributed by atoms with van der Waals surface area (Å²) in [5.41, 5.74) is 1.61. The van der Waals surface area contributed by atoms with Gasteiger partial charge >= 0.3 is 0 Å². The monoisotopic (exact) mass is 290 g/mol. The molecule has 1 aromatic carbocycles. The third kappa shape index (κ3) is 3.81. The molecule has 1 amide bonds. The van der Waals surface area contributed by atoms with E-state index in [-0.39, 0.29) is 5.91 Å². The van der Waals surface area contributed by atoms with Gasteiger partial charge in [0.15, 0.2) is 0 Å². The van der Waals surface area contributed by atoms with E-state index in [1.54, 1.807) is 30.9 Å². The van der Waals surface area contributed by atoms with Crippen molar-refractivity contribution < 1.29 is 9.21 Å². The summed E-state index contributed by atoms with van der Waals surface area (Å²) in [6.07, 6.45) is 2.05. The van der Waals surface area contributed by atoms with Crippen LogP contribution in [-0.4, -0.2) is 19.2 Å². The lowest BCUT2D eigenvalue weighted by molar-refractivity contribution is 0.0963. The molecule has 0 atom stereocenters. The fraction of sp³-hybridized carbons (Fsp3) is 0.267. The van der Waals surface area contributed by atoms with Crippen molar-refractivity contribution in [1.29, 1.82) is 0 Å². The van der Waals surface area contributed by atoms with Crippen molar-refractivity contribution in [2.45, 2.75) is 12.3 Å². The zero-order valence-electron chi connectivity index (χ0n) is 11.6. The number of nitrogens with one attached hydrogen (secondary N) is 2. The van der Waals surface area contributed by atoms with Crippen LogP contribution < -0.4 is 10.6 Å². The number of rotatable bonds is 6. The second kappa shape index (κ2) is 7.05. The van der Waals surface area contributed by atoms with Crippen LogP contribution in [0.5, 0.6) is 0 Å². The Labute approximate surface area is 122 Å². The predicted molar refractivity (Wildman–Crippen MR) is 83.1 cm³/mol. The van der Waals surface area contributed by atoms with E-state index in [9.17, 15) is 4.79 Å². The molecule has 0 unspecified atom stereocenters. The molecule has 1 aromatic heterocycles. The van der Waals surface area contributed by atoms with Gasteiger partial charge in [-0.25, -0.2) is 0 Å². The molecule has 0 spiro atoms. The normalized spacial score (nSPS) is 10.3. The molecule has 1 heterocycles. The van der Waals surface area contributed by atoms with E-state index >= 15 is 0 Å². The molecular formula is C15H18N2O2S. The summed E-state index contributed by atoms with van der Waals surface area (Å²) in [5.74, 6) is 2.71. The Morgan fingerprint density at radius 3 is 2.50 bits per heavy atom. The van der Waals surface area contributed by atoms with Crippen molar-refractivity contribution in [3.05, 3.63) is 53.5 Å². The van der Waals surface area contributed by atoms with E-state index < -0.39 is 0 Å². The molecule has 4 nitrogen and oxygen atoms in total. The highest BCUT2D eigenvalue weighted by Gasteiger charge is 2.04. The lowest BCUT2D eigenvalue weighted by Crippen LogP contribution is -2.17. The average Bonchev–Trinajstić information content (AvgIpc) is 2.93. The highest BCUT2D eigenvalue weighted by Crippen LogP contribution is 2.15. The van der Waals surface area contributed by atoms with Gasteiger partial charge in [-0.05, 0) is 42.7 Å². The summed E-state index contributed by atoms with van der Waals surface area (Å²) in [6.45, 7) is 0.633. The van der Waals surface area contributed by atoms with E-state index in [1.165, 1.54) is 0 Å². The van der Waals surface area contributed by atoms with Crippen LogP contribution in [-0.2, 0) is 12.3 Å². The Morgan fingerprint density at radius 2 is 1.85 bits per heavy atom. The Bertz CT molecular complexity index is 564. The van der Waals surface area contributed by atoms with Crippen molar-refractivity contribution in [1.82, 2.24) is 5.32 Å². The molecule has 0 saturated carbocycles. The second-order valence-electron chi connectivity index (χ2n) is 4.31. The van der Waals surface area contributed by atoms with Gasteiger partial charge in [0, 0.05) is 18.3 Å². The van der Waals surface area contributed by atoms with Crippen LogP contribution in [0.2, 0.25) is 0 Å². The number of benzene rings is 1. The first-order valence-corrected chi connectivity index (χ1v) is 7.75. The molecule has 2 rings (SSSR count). The molecule has 0 radical (unpaired) electrons. The van der Waals surface area contributed by atoms with E-state index in [4.69, 9.17) is 4.42 Å². The number of hydrogen-bond donors (Lipinski definition) is 2. The molecule has 0 saturated heterocycles. The predicted octanol–water partition coefficient (Wildman–Crippen LogP) is 3.11. The number of anilines is 1. The van der Waals surface area contributed by atoms with Crippen LogP contribution in [0.25, 0.3) is 0 Å². The first-order chi connectivity index (χ1) is 9.72. The van der Waals surface area contributed by atoms with E-state index in [0.29, 0.717) is 12.1 Å². The van der Waals surface area contributed by atoms with E-state index in [0.717, 1.165) is 23.0 Å². The molecule has 0 fully saturated rings. The molecule has 20 heavy (non-hydrogen) atoms. The molecule has 0 aliphatic carbocycles. The van der Waals surface area contributed by atoms with Gasteiger partial charge in [0.05, 0.1) is 12.3 Å². The van der Waals surface area contributed by atoms with Gasteiger partial charge in [-0.3, -0.25) is 4.79 Å². The Kier molecular flexibility index (Phi) is 5.12. The van der Waals surface area contributed by atoms with Crippen molar-refractivity contribution in [3.63, 3.8) is 0 Å². The minimum absolute atomic E-state index is 0.0794. The lowest BCUT2D eigenvalue weighted by Gasteiger charge is -2.05. The smallest absolute Gasteiger partial charge is 0.251 e. The number of carbonyl (C=O) groups is 1. The summed E-state index contributed by atoms with van der Waals surface area (Å²) in [5, 5.41) is 5.87. The number of furan rings is 1. The fourth-order valence-corrected chi connectivity index (χ4v) is 2.25. The van der Waals surface area contributed by atoms with Gasteiger partial charge in [0.25, 0.3) is 5.91 Å². The first kappa shape index (κ1) is 14.5. The van der Waals surface area contributed by atoms with Crippen LogP contribution >= 0.6 is 11.8 Å². The zero-order chi connectivity index (χ0) is 14.4. The molecule has 2 aromatic rings. The molecule has 2 N–H and O–H groups in total. The van der Waals surface area contributed by atoms with Crippen LogP contribution in [0.1, 0.15) is 21.9 Å². The lowest BCUT2D eigenvalue weighted by atomic mass is 10.2. The van der Waals surface area contributed by atoms with Gasteiger partial charge in [0.2, 0.25) is 0 Å². The third-order valence-electron chi connectivity index (χ3n) is 2.84. The maximum absolute atomic E-state index is 11.4. The van der Waals surface area contributed by atoms with Crippen molar-refractivity contribution in [2.75, 3.05) is 18.6 Å². The van der Waals surface area contributed by atoms with Crippen LogP contribution in [0, 0.1) is 0 Å². The summed E-state index contributed by atoms with van der Waals surface area (Å²) in [4.78, 5) is 11.4. The average molecular weight is 290 g/mol. The number of thioether (sulfide) groups is 1. The Morgan fingerprint density at radius 1 is 1.15 bits per heavy atom. The van der Waals surface area contributed by atoms with Crippen LogP contribution in [0.15, 0.2) is 40.8 Å². The zero-order valence-corrected chi connectivity index (χ0v) is 12.4. The number of amides is 1. The van der Waals surface area contributed by atoms with Gasteiger partial charge < -0.3 is 15.1 Å². The topological polar surface area (TPSA) is 54.3 Å². The molecule has 0 aliphatic heterocycles. The van der Waals surface area contributed by atoms with Gasteiger partial charge in [-0.2, -0.15) is 11.8 Å². The summed E-state index contributed by atoms with van der Waals surface area (Å²) in [6, 6.07) is 11.3. The molecule has 0 aliphatic rings. The summed E-state index contributed by atoms with van der Waals surface area (Å²) >= 11 is 1.74. The number of hydrogen-bond acceptors (Lipinski definition) is 4. The van der Waals surface area contributed by atoms with Crippen molar-refractivity contribution in [2.24, 2.45) is 0 Å². The molecule has 0 bridgehead atoms. The minimum atomic E-state index is -0.0794. The van der Waals surface area contributed by atoms with Crippen molar-refractivity contribution in [3.8, 4) is 0 Å². The summed E-state index contributed by atoms with van der Waals surface area (Å²) < 4.78 is 5.68. The maximum atomic E-state index is 11.4. The highest BCUT2D eigenvalue weighted by molar-refractivity contribution is 7.97. The molecular weight excluding hydrogens is 272 g/mol. The number of carbonyl (C=O) groups excluding carboxylic acids is 1. The second-order valence-corrected chi connectivity index (χ2v) is 5.18. The highest BCUT2D eigenvalue weighted by atomic mass is 32.2. The van der Waals surface area contributed by atoms with Gasteiger partial charge in [-0.15, -0.1) is 0 Å². The maximum Gasteiger partial charge on any atom is 0.251 e. The standard InChI is InChI=1S/C15H18N2O2S/c1-16-15(18)11-3-5-12(6-4-11)17-9-13-7-8-14(19-13)10-20-2/h3-8,17H,9-10H2,1-2H3,(H,16,18). The fourth-order valence-electron chi connectivity index (χ4n) is 1.81. The van der Waals surface area contributed by atoms with Gasteiger partial charge in [0.1, 0.15) is 11.5 Å². The van der Waals surface area contributed by atoms with Crippen LogP contribution in [0.4, 0.5) is 5.69 Å². The third-order valence-corrected chi connectivity index (χ3v) is 3.42. The molecule has 5 heteroatoms. The van der Waals surface area contributed by atoms with E-state index in [2.05, 4.69) is 16.9 Å². The van der Waals surface area contributed by atoms with Gasteiger partial charge in [-0.1, -0.05) is 0 Å². The largest absolute Gasteiger partial charge is 0.463 e. The quantitative estimate of drug-likeness (QED) is 0.858. The van der Waals surface area contributed by atoms with Crippen LogP contribution in [0.3, 0.4) is 0 Å². The Hall–Kier alpha value is -1.88. The van der Waals surface area contributed by atoms with Crippen molar-refractivity contribution >= 4 is 23.4 Å². The minimum Gasteiger partial charge on any atom is -0.463 e. The summed E-state index contributed by atoms with van der Waals surface area (Å²) in [7, 11) is 1.62.